The molecular formula is C22H20N8O2S. The summed E-state index contributed by atoms with van der Waals surface area (Å²) in [5.41, 5.74) is 12.3. The van der Waals surface area contributed by atoms with Crippen molar-refractivity contribution in [3.8, 4) is 5.82 Å². The topological polar surface area (TPSA) is 137 Å². The van der Waals surface area contributed by atoms with E-state index in [9.17, 15) is 4.79 Å². The molecule has 0 aliphatic heterocycles. The lowest BCUT2D eigenvalue weighted by molar-refractivity contribution is 0.0949. The molecule has 10 nitrogen and oxygen atoms in total. The molecule has 1 amide bonds. The van der Waals surface area contributed by atoms with E-state index >= 15 is 0 Å². The second kappa shape index (κ2) is 9.25. The normalized spacial score (nSPS) is 14.2. The number of aromatic nitrogens is 5. The Balaban J connectivity index is 1.43. The molecule has 166 valence electrons. The third kappa shape index (κ3) is 4.35. The largest absolute Gasteiger partial charge is 0.378 e. The van der Waals surface area contributed by atoms with E-state index in [-0.39, 0.29) is 17.3 Å². The first kappa shape index (κ1) is 20.9. The fraction of sp³-hybridized carbons (Fsp3) is 0.182. The molecule has 33 heavy (non-hydrogen) atoms. The first-order chi connectivity index (χ1) is 16.2. The molecule has 5 rings (SSSR count). The van der Waals surface area contributed by atoms with Crippen molar-refractivity contribution < 1.29 is 9.42 Å². The maximum atomic E-state index is 13.1. The lowest BCUT2D eigenvalue weighted by Crippen LogP contribution is -2.23. The van der Waals surface area contributed by atoms with Crippen molar-refractivity contribution in [3.05, 3.63) is 77.1 Å². The Morgan fingerprint density at radius 2 is 1.94 bits per heavy atom. The maximum absolute atomic E-state index is 13.1. The van der Waals surface area contributed by atoms with E-state index in [2.05, 4.69) is 37.2 Å². The third-order valence-electron chi connectivity index (χ3n) is 5.27. The van der Waals surface area contributed by atoms with Crippen molar-refractivity contribution in [1.29, 1.82) is 0 Å². The van der Waals surface area contributed by atoms with Crippen molar-refractivity contribution in [2.75, 3.05) is 5.73 Å². The van der Waals surface area contributed by atoms with Crippen LogP contribution in [0.1, 0.15) is 40.2 Å². The van der Waals surface area contributed by atoms with Crippen LogP contribution in [0, 0.1) is 0 Å². The molecule has 0 unspecified atom stereocenters. The monoisotopic (exact) mass is 460 g/mol. The van der Waals surface area contributed by atoms with Gasteiger partial charge in [-0.1, -0.05) is 47.7 Å². The minimum Gasteiger partial charge on any atom is -0.378 e. The molecule has 11 heteroatoms. The number of carbonyl (C=O) groups excluding carboxylic acids is 1. The van der Waals surface area contributed by atoms with Gasteiger partial charge in [-0.25, -0.2) is 10.1 Å². The fourth-order valence-electron chi connectivity index (χ4n) is 3.67. The molecule has 4 aromatic rings. The average Bonchev–Trinajstić information content (AvgIpc) is 3.47. The summed E-state index contributed by atoms with van der Waals surface area (Å²) in [5.74, 6) is 0.163. The van der Waals surface area contributed by atoms with E-state index in [1.165, 1.54) is 22.0 Å². The van der Waals surface area contributed by atoms with Gasteiger partial charge in [0.05, 0.1) is 11.4 Å². The number of anilines is 1. The van der Waals surface area contributed by atoms with Gasteiger partial charge in [-0.05, 0) is 47.3 Å². The number of nitrogens with one attached hydrogen (secondary N) is 1. The minimum absolute atomic E-state index is 0.0527. The van der Waals surface area contributed by atoms with Crippen LogP contribution in [0.3, 0.4) is 0 Å². The molecule has 0 spiro atoms. The van der Waals surface area contributed by atoms with Gasteiger partial charge in [-0.3, -0.25) is 4.79 Å². The van der Waals surface area contributed by atoms with Gasteiger partial charge in [0.2, 0.25) is 11.6 Å². The van der Waals surface area contributed by atoms with Gasteiger partial charge >= 0.3 is 0 Å². The highest BCUT2D eigenvalue weighted by molar-refractivity contribution is 7.98. The number of thioether (sulfide) groups is 1. The summed E-state index contributed by atoms with van der Waals surface area (Å²) in [5, 5.41) is 20.0. The van der Waals surface area contributed by atoms with Crippen LogP contribution in [0.25, 0.3) is 5.82 Å². The minimum atomic E-state index is -0.463. The van der Waals surface area contributed by atoms with Gasteiger partial charge < -0.3 is 5.73 Å². The van der Waals surface area contributed by atoms with E-state index < -0.39 is 5.91 Å². The zero-order chi connectivity index (χ0) is 22.6. The number of fused-ring (bicyclic) bond motifs is 1. The smallest absolute Gasteiger partial charge is 0.293 e. The third-order valence-corrected chi connectivity index (χ3v) is 6.30. The Labute approximate surface area is 193 Å². The molecule has 1 aliphatic rings. The van der Waals surface area contributed by atoms with Crippen molar-refractivity contribution >= 4 is 29.2 Å². The molecule has 1 aliphatic carbocycles. The van der Waals surface area contributed by atoms with E-state index in [1.54, 1.807) is 0 Å². The summed E-state index contributed by atoms with van der Waals surface area (Å²) < 4.78 is 6.08. The van der Waals surface area contributed by atoms with Gasteiger partial charge in [0, 0.05) is 16.2 Å². The summed E-state index contributed by atoms with van der Waals surface area (Å²) in [6, 6.07) is 17.9. The van der Waals surface area contributed by atoms with Crippen LogP contribution in [0.4, 0.5) is 5.82 Å². The Morgan fingerprint density at radius 1 is 1.12 bits per heavy atom. The summed E-state index contributed by atoms with van der Waals surface area (Å²) >= 11 is 1.53. The predicted octanol–water partition coefficient (Wildman–Crippen LogP) is 3.00. The zero-order valence-corrected chi connectivity index (χ0v) is 18.3. The van der Waals surface area contributed by atoms with Gasteiger partial charge in [-0.2, -0.15) is 9.78 Å². The van der Waals surface area contributed by atoms with Gasteiger partial charge in [0.1, 0.15) is 0 Å². The summed E-state index contributed by atoms with van der Waals surface area (Å²) in [6.07, 6.45) is 2.78. The van der Waals surface area contributed by atoms with Gasteiger partial charge in [0.15, 0.2) is 5.69 Å². The lowest BCUT2D eigenvalue weighted by atomic mass is 9.90. The Morgan fingerprint density at radius 3 is 2.76 bits per heavy atom. The van der Waals surface area contributed by atoms with Crippen molar-refractivity contribution in [2.24, 2.45) is 5.10 Å². The van der Waals surface area contributed by atoms with Gasteiger partial charge in [0.25, 0.3) is 5.91 Å². The van der Waals surface area contributed by atoms with Crippen LogP contribution in [0.2, 0.25) is 0 Å². The molecule has 0 saturated heterocycles. The van der Waals surface area contributed by atoms with Crippen LogP contribution in [-0.4, -0.2) is 36.9 Å². The molecular weight excluding hydrogens is 440 g/mol. The molecule has 2 heterocycles. The summed E-state index contributed by atoms with van der Waals surface area (Å²) in [6.45, 7) is 0. The molecule has 0 atom stereocenters. The highest BCUT2D eigenvalue weighted by Gasteiger charge is 2.24. The SMILES string of the molecule is Nc1nonc1-n1nnc(C(=O)NN=C2CCCc3ccccc32)c1CSc1ccccc1. The molecule has 2 aromatic carbocycles. The Bertz CT molecular complexity index is 1310. The highest BCUT2D eigenvalue weighted by atomic mass is 32.2. The lowest BCUT2D eigenvalue weighted by Gasteiger charge is -2.17. The molecule has 0 saturated carbocycles. The number of nitrogens with two attached hydrogens (primary N) is 1. The van der Waals surface area contributed by atoms with Crippen LogP contribution in [0.5, 0.6) is 0 Å². The summed E-state index contributed by atoms with van der Waals surface area (Å²) in [4.78, 5) is 14.1. The first-order valence-corrected chi connectivity index (χ1v) is 11.4. The van der Waals surface area contributed by atoms with Crippen LogP contribution in [-0.2, 0) is 12.2 Å². The number of hydrazone groups is 1. The standard InChI is InChI=1S/C22H20N8O2S/c23-20-21(28-32-27-20)30-18(13-33-15-9-2-1-3-10-15)19(25-29-30)22(31)26-24-17-12-6-8-14-7-4-5-11-16(14)17/h1-5,7,9-11H,6,8,12-13H2,(H2,23,27)(H,26,31). The number of amides is 1. The molecule has 0 bridgehead atoms. The van der Waals surface area contributed by atoms with Crippen molar-refractivity contribution in [2.45, 2.75) is 29.9 Å². The van der Waals surface area contributed by atoms with Gasteiger partial charge in [-0.15, -0.1) is 16.9 Å². The number of rotatable bonds is 6. The number of nitrogen functional groups attached to an aromatic ring is 1. The number of hydrogen-bond donors (Lipinski definition) is 2. The van der Waals surface area contributed by atoms with Crippen LogP contribution >= 0.6 is 11.8 Å². The van der Waals surface area contributed by atoms with Crippen molar-refractivity contribution in [1.82, 2.24) is 30.7 Å². The predicted molar refractivity (Wildman–Crippen MR) is 123 cm³/mol. The first-order valence-electron chi connectivity index (χ1n) is 10.4. The number of carbonyl (C=O) groups is 1. The van der Waals surface area contributed by atoms with Crippen LogP contribution < -0.4 is 11.2 Å². The van der Waals surface area contributed by atoms with Crippen molar-refractivity contribution in [3.63, 3.8) is 0 Å². The quantitative estimate of drug-likeness (QED) is 0.331. The average molecular weight is 461 g/mol. The van der Waals surface area contributed by atoms with E-state index in [4.69, 9.17) is 10.4 Å². The molecule has 2 aromatic heterocycles. The Kier molecular flexibility index (Phi) is 5.85. The van der Waals surface area contributed by atoms with Crippen LogP contribution in [0.15, 0.2) is 69.2 Å². The molecule has 0 radical (unpaired) electrons. The summed E-state index contributed by atoms with van der Waals surface area (Å²) in [7, 11) is 0. The van der Waals surface area contributed by atoms with E-state index in [1.807, 2.05) is 48.5 Å². The number of benzene rings is 2. The Hall–Kier alpha value is -3.99. The van der Waals surface area contributed by atoms with E-state index in [0.717, 1.165) is 35.4 Å². The second-order valence-electron chi connectivity index (χ2n) is 7.38. The fourth-order valence-corrected chi connectivity index (χ4v) is 4.58. The second-order valence-corrected chi connectivity index (χ2v) is 8.43. The zero-order valence-electron chi connectivity index (χ0n) is 17.5. The number of aryl methyl sites for hydroxylation is 1. The van der Waals surface area contributed by atoms with E-state index in [0.29, 0.717) is 11.4 Å². The highest BCUT2D eigenvalue weighted by Crippen LogP contribution is 2.26. The maximum Gasteiger partial charge on any atom is 0.293 e. The molecule has 0 fully saturated rings. The molecule has 3 N–H and O–H groups in total. The number of hydrogen-bond acceptors (Lipinski definition) is 9. The number of nitrogens with zero attached hydrogens (tertiary/aromatic N) is 6.